The molecular weight excluding hydrogens is 180 g/mol. The minimum Gasteiger partial charge on any atom is -0.487 e. The molecule has 0 saturated carbocycles. The molecule has 0 amide bonds. The van der Waals surface area contributed by atoms with Gasteiger partial charge in [-0.2, -0.15) is 0 Å². The van der Waals surface area contributed by atoms with Gasteiger partial charge in [-0.05, 0) is 6.07 Å². The van der Waals surface area contributed by atoms with E-state index in [0.717, 1.165) is 17.7 Å². The van der Waals surface area contributed by atoms with E-state index in [4.69, 9.17) is 9.47 Å². The number of aliphatic hydroxyl groups is 1. The van der Waals surface area contributed by atoms with Crippen molar-refractivity contribution in [3.8, 4) is 5.75 Å². The fourth-order valence-corrected chi connectivity index (χ4v) is 2.12. The van der Waals surface area contributed by atoms with Gasteiger partial charge in [0, 0.05) is 12.0 Å². The van der Waals surface area contributed by atoms with Crippen molar-refractivity contribution in [3.63, 3.8) is 0 Å². The molecule has 1 N–H and O–H groups in total. The average Bonchev–Trinajstić information content (AvgIpc) is 2.24. The number of hydrogen-bond donors (Lipinski definition) is 1. The molecule has 0 spiro atoms. The van der Waals surface area contributed by atoms with Crippen LogP contribution in [0.3, 0.4) is 0 Å². The van der Waals surface area contributed by atoms with Gasteiger partial charge in [-0.3, -0.25) is 0 Å². The van der Waals surface area contributed by atoms with Gasteiger partial charge in [0.15, 0.2) is 0 Å². The zero-order valence-corrected chi connectivity index (χ0v) is 7.72. The number of hydrogen-bond acceptors (Lipinski definition) is 3. The molecule has 3 rings (SSSR count). The summed E-state index contributed by atoms with van der Waals surface area (Å²) in [6.07, 6.45) is 0.287. The van der Waals surface area contributed by atoms with Crippen molar-refractivity contribution in [1.29, 1.82) is 0 Å². The molecule has 2 aliphatic heterocycles. The molecule has 3 heteroatoms. The molecule has 74 valence electrons. The van der Waals surface area contributed by atoms with Crippen molar-refractivity contribution < 1.29 is 14.6 Å². The lowest BCUT2D eigenvalue weighted by molar-refractivity contribution is -0.127. The Bertz CT molecular complexity index is 350. The second-order valence-corrected chi connectivity index (χ2v) is 3.82. The van der Waals surface area contributed by atoms with Crippen LogP contribution in [0, 0.1) is 0 Å². The molecule has 1 aromatic rings. The van der Waals surface area contributed by atoms with Crippen LogP contribution in [-0.2, 0) is 4.74 Å². The van der Waals surface area contributed by atoms with Gasteiger partial charge in [0.25, 0.3) is 0 Å². The summed E-state index contributed by atoms with van der Waals surface area (Å²) in [6, 6.07) is 7.87. The molecule has 3 nitrogen and oxygen atoms in total. The Morgan fingerprint density at radius 3 is 3.07 bits per heavy atom. The largest absolute Gasteiger partial charge is 0.487 e. The molecule has 0 aliphatic carbocycles. The molecule has 3 atom stereocenters. The predicted octanol–water partition coefficient (Wildman–Crippen LogP) is 1.27. The summed E-state index contributed by atoms with van der Waals surface area (Å²) in [4.78, 5) is 0. The summed E-state index contributed by atoms with van der Waals surface area (Å²) >= 11 is 0. The maximum atomic E-state index is 9.60. The molecule has 0 radical (unpaired) electrons. The van der Waals surface area contributed by atoms with Crippen LogP contribution < -0.4 is 4.74 Å². The molecule has 2 aliphatic rings. The molecule has 2 heterocycles. The number of benzene rings is 1. The number of rotatable bonds is 0. The van der Waals surface area contributed by atoms with Gasteiger partial charge in [0.2, 0.25) is 0 Å². The van der Waals surface area contributed by atoms with E-state index in [1.54, 1.807) is 0 Å². The van der Waals surface area contributed by atoms with Crippen molar-refractivity contribution >= 4 is 0 Å². The number of ether oxygens (including phenoxy) is 2. The van der Waals surface area contributed by atoms with Crippen LogP contribution >= 0.6 is 0 Å². The fraction of sp³-hybridized carbons (Fsp3) is 0.455. The molecular formula is C11H12O3. The van der Waals surface area contributed by atoms with Crippen molar-refractivity contribution in [2.24, 2.45) is 0 Å². The summed E-state index contributed by atoms with van der Waals surface area (Å²) < 4.78 is 11.2. The third-order valence-corrected chi connectivity index (χ3v) is 2.89. The third-order valence-electron chi connectivity index (χ3n) is 2.89. The zero-order valence-electron chi connectivity index (χ0n) is 7.72. The first-order chi connectivity index (χ1) is 6.84. The maximum absolute atomic E-state index is 9.60. The van der Waals surface area contributed by atoms with E-state index in [1.165, 1.54) is 0 Å². The van der Waals surface area contributed by atoms with Gasteiger partial charge in [-0.1, -0.05) is 18.2 Å². The second kappa shape index (κ2) is 2.97. The summed E-state index contributed by atoms with van der Waals surface area (Å²) in [5, 5.41) is 9.60. The van der Waals surface area contributed by atoms with E-state index in [1.807, 2.05) is 24.3 Å². The Morgan fingerprint density at radius 1 is 1.29 bits per heavy atom. The topological polar surface area (TPSA) is 38.7 Å². The normalized spacial score (nSPS) is 34.5. The van der Waals surface area contributed by atoms with Gasteiger partial charge >= 0.3 is 0 Å². The van der Waals surface area contributed by atoms with Crippen molar-refractivity contribution in [1.82, 2.24) is 0 Å². The van der Waals surface area contributed by atoms with E-state index >= 15 is 0 Å². The van der Waals surface area contributed by atoms with Gasteiger partial charge < -0.3 is 14.6 Å². The van der Waals surface area contributed by atoms with Crippen LogP contribution in [0.4, 0.5) is 0 Å². The second-order valence-electron chi connectivity index (χ2n) is 3.82. The van der Waals surface area contributed by atoms with Gasteiger partial charge in [0.05, 0.1) is 12.7 Å². The fourth-order valence-electron chi connectivity index (χ4n) is 2.12. The summed E-state index contributed by atoms with van der Waals surface area (Å²) in [7, 11) is 0. The summed E-state index contributed by atoms with van der Waals surface area (Å²) in [6.45, 7) is 0.379. The van der Waals surface area contributed by atoms with Crippen LogP contribution in [0.15, 0.2) is 24.3 Å². The maximum Gasteiger partial charge on any atom is 0.130 e. The summed E-state index contributed by atoms with van der Waals surface area (Å²) in [5.41, 5.74) is 1.11. The minimum absolute atomic E-state index is 0.0938. The van der Waals surface area contributed by atoms with E-state index in [-0.39, 0.29) is 12.2 Å². The number of para-hydroxylation sites is 1. The Hall–Kier alpha value is -1.06. The lowest BCUT2D eigenvalue weighted by Crippen LogP contribution is -2.44. The minimum atomic E-state index is -0.486. The first-order valence-electron chi connectivity index (χ1n) is 4.90. The van der Waals surface area contributed by atoms with Crippen LogP contribution in [0.2, 0.25) is 0 Å². The highest BCUT2D eigenvalue weighted by Crippen LogP contribution is 2.40. The smallest absolute Gasteiger partial charge is 0.130 e. The molecule has 2 bridgehead atoms. The van der Waals surface area contributed by atoms with Crippen molar-refractivity contribution in [3.05, 3.63) is 29.8 Å². The first-order valence-corrected chi connectivity index (χ1v) is 4.90. The van der Waals surface area contributed by atoms with Crippen LogP contribution in [0.1, 0.15) is 18.1 Å². The Kier molecular flexibility index (Phi) is 1.75. The molecule has 0 aromatic heterocycles. The SMILES string of the molecule is O[C@@H]1CO[C@@H]2C[C@H]1Oc1ccccc12. The first kappa shape index (κ1) is 8.26. The predicted molar refractivity (Wildman–Crippen MR) is 50.2 cm³/mol. The Balaban J connectivity index is 2.02. The number of fused-ring (bicyclic) bond motifs is 4. The van der Waals surface area contributed by atoms with Gasteiger partial charge in [-0.15, -0.1) is 0 Å². The van der Waals surface area contributed by atoms with Crippen molar-refractivity contribution in [2.75, 3.05) is 6.61 Å². The molecule has 1 aromatic carbocycles. The highest BCUT2D eigenvalue weighted by Gasteiger charge is 2.37. The Morgan fingerprint density at radius 2 is 2.14 bits per heavy atom. The van der Waals surface area contributed by atoms with Gasteiger partial charge in [-0.25, -0.2) is 0 Å². The average molecular weight is 192 g/mol. The standard InChI is InChI=1S/C11H12O3/c12-8-6-13-10-5-11(8)14-9-4-2-1-3-7(9)10/h1-4,8,10-12H,5-6H2/t8-,10-,11-/m1/s1. The van der Waals surface area contributed by atoms with E-state index in [2.05, 4.69) is 0 Å². The number of aliphatic hydroxyl groups excluding tert-OH is 1. The monoisotopic (exact) mass is 192 g/mol. The van der Waals surface area contributed by atoms with E-state index in [0.29, 0.717) is 6.61 Å². The molecule has 1 fully saturated rings. The van der Waals surface area contributed by atoms with E-state index in [9.17, 15) is 5.11 Å². The zero-order chi connectivity index (χ0) is 9.54. The molecule has 1 saturated heterocycles. The lowest BCUT2D eigenvalue weighted by atomic mass is 9.94. The van der Waals surface area contributed by atoms with Crippen LogP contribution in [0.25, 0.3) is 0 Å². The third kappa shape index (κ3) is 1.13. The van der Waals surface area contributed by atoms with Crippen molar-refractivity contribution in [2.45, 2.75) is 24.7 Å². The van der Waals surface area contributed by atoms with Crippen LogP contribution in [-0.4, -0.2) is 23.9 Å². The highest BCUT2D eigenvalue weighted by molar-refractivity contribution is 5.37. The van der Waals surface area contributed by atoms with Gasteiger partial charge in [0.1, 0.15) is 18.0 Å². The molecule has 14 heavy (non-hydrogen) atoms. The van der Waals surface area contributed by atoms with E-state index < -0.39 is 6.10 Å². The quantitative estimate of drug-likeness (QED) is 0.672. The Labute approximate surface area is 82.3 Å². The summed E-state index contributed by atoms with van der Waals surface area (Å²) in [5.74, 6) is 0.854. The van der Waals surface area contributed by atoms with Crippen LogP contribution in [0.5, 0.6) is 5.75 Å². The lowest BCUT2D eigenvalue weighted by Gasteiger charge is -2.39. The highest BCUT2D eigenvalue weighted by atomic mass is 16.5. The molecule has 0 unspecified atom stereocenters.